The molecule has 84 valence electrons. The average Bonchev–Trinajstić information content (AvgIpc) is 2.58. The predicted molar refractivity (Wildman–Crippen MR) is 67.1 cm³/mol. The van der Waals surface area contributed by atoms with Gasteiger partial charge >= 0.3 is 0 Å². The lowest BCUT2D eigenvalue weighted by Crippen LogP contribution is -2.10. The van der Waals surface area contributed by atoms with Crippen LogP contribution in [0.3, 0.4) is 0 Å². The Morgan fingerprint density at radius 3 is 2.56 bits per heavy atom. The Bertz CT molecular complexity index is 553. The van der Waals surface area contributed by atoms with Gasteiger partial charge in [-0.3, -0.25) is 9.67 Å². The van der Waals surface area contributed by atoms with Crippen LogP contribution < -0.4 is 0 Å². The lowest BCUT2D eigenvalue weighted by atomic mass is 10.0. The van der Waals surface area contributed by atoms with Crippen LogP contribution in [0.5, 0.6) is 0 Å². The molecule has 0 aliphatic carbocycles. The topological polar surface area (TPSA) is 33.6 Å². The van der Waals surface area contributed by atoms with Crippen molar-refractivity contribution in [3.05, 3.63) is 46.0 Å². The molecule has 1 unspecified atom stereocenters. The van der Waals surface area contributed by atoms with Gasteiger partial charge in [0.05, 0.1) is 6.04 Å². The molecule has 0 saturated heterocycles. The van der Waals surface area contributed by atoms with Gasteiger partial charge in [-0.2, -0.15) is 5.10 Å². The zero-order chi connectivity index (χ0) is 11.7. The zero-order valence-corrected chi connectivity index (χ0v) is 10.5. The van der Waals surface area contributed by atoms with Crippen LogP contribution in [-0.4, -0.2) is 14.8 Å². The van der Waals surface area contributed by atoms with E-state index >= 15 is 0 Å². The van der Waals surface area contributed by atoms with E-state index < -0.39 is 0 Å². The lowest BCUT2D eigenvalue weighted by Gasteiger charge is -2.16. The number of nitrogens with zero attached hydrogens (tertiary/aromatic N) is 2. The van der Waals surface area contributed by atoms with Crippen LogP contribution in [0.4, 0.5) is 0 Å². The second kappa shape index (κ2) is 4.22. The average molecular weight is 233 g/mol. The Labute approximate surface area is 100 Å². The van der Waals surface area contributed by atoms with Crippen molar-refractivity contribution < 1.29 is 0 Å². The monoisotopic (exact) mass is 233 g/mol. The molecule has 1 atom stereocenters. The highest BCUT2D eigenvalue weighted by Gasteiger charge is 2.13. The van der Waals surface area contributed by atoms with Crippen LogP contribution in [0.2, 0.25) is 0 Å². The maximum absolute atomic E-state index is 5.24. The molecule has 0 radical (unpaired) electrons. The largest absolute Gasteiger partial charge is 0.297 e. The lowest BCUT2D eigenvalue weighted by molar-refractivity contribution is 0.607. The molecule has 16 heavy (non-hydrogen) atoms. The first-order valence-electron chi connectivity index (χ1n) is 5.30. The maximum atomic E-state index is 5.24. The minimum atomic E-state index is 0.215. The summed E-state index contributed by atoms with van der Waals surface area (Å²) in [6.45, 7) is 6.21. The third-order valence-corrected chi connectivity index (χ3v) is 3.19. The molecule has 2 aromatic rings. The summed E-state index contributed by atoms with van der Waals surface area (Å²) >= 11 is 5.24. The smallest absolute Gasteiger partial charge is 0.195 e. The van der Waals surface area contributed by atoms with Crippen LogP contribution >= 0.6 is 12.2 Å². The van der Waals surface area contributed by atoms with Crippen LogP contribution in [0.1, 0.15) is 29.9 Å². The Balaban J connectivity index is 2.51. The van der Waals surface area contributed by atoms with Gasteiger partial charge in [0, 0.05) is 0 Å². The zero-order valence-electron chi connectivity index (χ0n) is 9.69. The second-order valence-corrected chi connectivity index (χ2v) is 4.37. The van der Waals surface area contributed by atoms with Crippen LogP contribution in [0.15, 0.2) is 24.3 Å². The number of aryl methyl sites for hydroxylation is 2. The summed E-state index contributed by atoms with van der Waals surface area (Å²) in [6.07, 6.45) is 0. The van der Waals surface area contributed by atoms with Gasteiger partial charge in [-0.25, -0.2) is 0 Å². The molecule has 1 N–H and O–H groups in total. The number of nitrogens with one attached hydrogen (secondary N) is 1. The van der Waals surface area contributed by atoms with Crippen molar-refractivity contribution in [1.29, 1.82) is 0 Å². The van der Waals surface area contributed by atoms with Gasteiger partial charge in [-0.15, -0.1) is 0 Å². The molecule has 0 fully saturated rings. The number of aromatic nitrogens is 3. The third kappa shape index (κ3) is 1.80. The van der Waals surface area contributed by atoms with Crippen LogP contribution in [0.25, 0.3) is 0 Å². The molecule has 0 bridgehead atoms. The highest BCUT2D eigenvalue weighted by Crippen LogP contribution is 2.22. The van der Waals surface area contributed by atoms with Crippen LogP contribution in [-0.2, 0) is 0 Å². The molecule has 0 amide bonds. The summed E-state index contributed by atoms with van der Waals surface area (Å²) in [5.74, 6) is 0.917. The van der Waals surface area contributed by atoms with Crippen molar-refractivity contribution in [3.8, 4) is 0 Å². The van der Waals surface area contributed by atoms with Gasteiger partial charge in [0.2, 0.25) is 0 Å². The normalized spacial score (nSPS) is 12.7. The highest BCUT2D eigenvalue weighted by molar-refractivity contribution is 7.71. The predicted octanol–water partition coefficient (Wildman–Crippen LogP) is 3.17. The number of hydrogen-bond acceptors (Lipinski definition) is 2. The fourth-order valence-electron chi connectivity index (χ4n) is 2.03. The summed E-state index contributed by atoms with van der Waals surface area (Å²) in [7, 11) is 0. The molecule has 1 aromatic carbocycles. The minimum Gasteiger partial charge on any atom is -0.297 e. The molecule has 0 aliphatic rings. The molecule has 4 heteroatoms. The van der Waals surface area contributed by atoms with Gasteiger partial charge in [-0.1, -0.05) is 24.3 Å². The van der Waals surface area contributed by atoms with E-state index in [1.807, 2.05) is 17.6 Å². The Morgan fingerprint density at radius 2 is 2.00 bits per heavy atom. The minimum absolute atomic E-state index is 0.215. The van der Waals surface area contributed by atoms with Crippen LogP contribution in [0, 0.1) is 18.6 Å². The van der Waals surface area contributed by atoms with E-state index in [0.29, 0.717) is 4.77 Å². The molecule has 1 aromatic heterocycles. The number of hydrogen-bond donors (Lipinski definition) is 1. The summed E-state index contributed by atoms with van der Waals surface area (Å²) in [5, 5.41) is 6.96. The highest BCUT2D eigenvalue weighted by atomic mass is 32.1. The summed E-state index contributed by atoms with van der Waals surface area (Å²) in [4.78, 5) is 0. The fourth-order valence-corrected chi connectivity index (χ4v) is 2.37. The third-order valence-electron chi connectivity index (χ3n) is 2.91. The Morgan fingerprint density at radius 1 is 1.31 bits per heavy atom. The van der Waals surface area contributed by atoms with E-state index in [4.69, 9.17) is 12.2 Å². The number of benzene rings is 1. The fraction of sp³-hybridized carbons (Fsp3) is 0.333. The van der Waals surface area contributed by atoms with Crippen molar-refractivity contribution in [2.24, 2.45) is 0 Å². The van der Waals surface area contributed by atoms with Crippen molar-refractivity contribution in [1.82, 2.24) is 14.8 Å². The van der Waals surface area contributed by atoms with E-state index in [0.717, 1.165) is 5.82 Å². The van der Waals surface area contributed by atoms with E-state index in [1.54, 1.807) is 0 Å². The van der Waals surface area contributed by atoms with Crippen molar-refractivity contribution in [2.75, 3.05) is 0 Å². The second-order valence-electron chi connectivity index (χ2n) is 3.98. The number of aromatic amines is 1. The van der Waals surface area contributed by atoms with Gasteiger partial charge in [0.25, 0.3) is 0 Å². The molecule has 3 nitrogen and oxygen atoms in total. The van der Waals surface area contributed by atoms with Gasteiger partial charge in [-0.05, 0) is 44.1 Å². The van der Waals surface area contributed by atoms with E-state index in [9.17, 15) is 0 Å². The molecular formula is C12H15N3S. The van der Waals surface area contributed by atoms with E-state index in [2.05, 4.69) is 42.2 Å². The standard InChI is InChI=1S/C12H15N3S/c1-8-6-4-5-7-11(8)9(2)15-10(3)13-14-12(15)16/h4-7,9H,1-3H3,(H,14,16). The first kappa shape index (κ1) is 11.1. The maximum Gasteiger partial charge on any atom is 0.195 e. The van der Waals surface area contributed by atoms with Gasteiger partial charge < -0.3 is 0 Å². The summed E-state index contributed by atoms with van der Waals surface area (Å²) in [5.41, 5.74) is 2.56. The van der Waals surface area contributed by atoms with Crippen molar-refractivity contribution in [3.63, 3.8) is 0 Å². The van der Waals surface area contributed by atoms with E-state index in [-0.39, 0.29) is 6.04 Å². The number of rotatable bonds is 2. The molecular weight excluding hydrogens is 218 g/mol. The SMILES string of the molecule is Cc1ccccc1C(C)n1c(C)n[nH]c1=S. The van der Waals surface area contributed by atoms with Crippen molar-refractivity contribution in [2.45, 2.75) is 26.8 Å². The molecule has 2 rings (SSSR count). The van der Waals surface area contributed by atoms with Gasteiger partial charge in [0.1, 0.15) is 5.82 Å². The van der Waals surface area contributed by atoms with Gasteiger partial charge in [0.15, 0.2) is 4.77 Å². The van der Waals surface area contributed by atoms with Crippen molar-refractivity contribution >= 4 is 12.2 Å². The Kier molecular flexibility index (Phi) is 2.92. The molecule has 1 heterocycles. The Hall–Kier alpha value is -1.42. The summed E-state index contributed by atoms with van der Waals surface area (Å²) < 4.78 is 2.71. The summed E-state index contributed by atoms with van der Waals surface area (Å²) in [6, 6.07) is 8.57. The molecule has 0 saturated carbocycles. The van der Waals surface area contributed by atoms with E-state index in [1.165, 1.54) is 11.1 Å². The number of H-pyrrole nitrogens is 1. The first-order valence-corrected chi connectivity index (χ1v) is 5.71. The first-order chi connectivity index (χ1) is 7.61. The molecule has 0 spiro atoms. The molecule has 0 aliphatic heterocycles. The quantitative estimate of drug-likeness (QED) is 0.808.